The normalized spacial score (nSPS) is 13.7. The quantitative estimate of drug-likeness (QED) is 0.663. The molecule has 20 heavy (non-hydrogen) atoms. The molecule has 0 aliphatic heterocycles. The molecule has 0 aliphatic rings. The second-order valence-electron chi connectivity index (χ2n) is 5.06. The van der Waals surface area contributed by atoms with E-state index in [2.05, 4.69) is 18.3 Å². The zero-order valence-corrected chi connectivity index (χ0v) is 12.7. The lowest BCUT2D eigenvalue weighted by molar-refractivity contribution is 0.113. The smallest absolute Gasteiger partial charge is 0.134 e. The molecule has 0 spiro atoms. The van der Waals surface area contributed by atoms with E-state index in [-0.39, 0.29) is 0 Å². The minimum absolute atomic E-state index is 0.607. The molecule has 3 heteroatoms. The summed E-state index contributed by atoms with van der Waals surface area (Å²) >= 11 is 0. The number of nitrogens with zero attached hydrogens (tertiary/aromatic N) is 1. The Bertz CT molecular complexity index is 399. The SMILES string of the molecule is CCCCCCOCCC(C#N)(NC)c1ccccc1. The number of rotatable bonds is 10. The Morgan fingerprint density at radius 1 is 1.15 bits per heavy atom. The van der Waals surface area contributed by atoms with Crippen LogP contribution < -0.4 is 5.32 Å². The van der Waals surface area contributed by atoms with Gasteiger partial charge in [-0.05, 0) is 19.0 Å². The van der Waals surface area contributed by atoms with Crippen molar-refractivity contribution in [3.63, 3.8) is 0 Å². The second kappa shape index (κ2) is 9.52. The van der Waals surface area contributed by atoms with Gasteiger partial charge >= 0.3 is 0 Å². The van der Waals surface area contributed by atoms with Gasteiger partial charge in [-0.3, -0.25) is 5.32 Å². The van der Waals surface area contributed by atoms with E-state index in [9.17, 15) is 5.26 Å². The van der Waals surface area contributed by atoms with Gasteiger partial charge in [0.2, 0.25) is 0 Å². The lowest BCUT2D eigenvalue weighted by atomic mass is 9.88. The van der Waals surface area contributed by atoms with E-state index in [1.54, 1.807) is 0 Å². The van der Waals surface area contributed by atoms with Crippen LogP contribution in [0.1, 0.15) is 44.6 Å². The van der Waals surface area contributed by atoms with Crippen molar-refractivity contribution in [3.05, 3.63) is 35.9 Å². The molecule has 0 saturated heterocycles. The molecule has 0 heterocycles. The summed E-state index contributed by atoms with van der Waals surface area (Å²) in [5.74, 6) is 0. The minimum Gasteiger partial charge on any atom is -0.381 e. The van der Waals surface area contributed by atoms with Gasteiger partial charge in [0.1, 0.15) is 5.54 Å². The first kappa shape index (κ1) is 16.7. The molecule has 1 unspecified atom stereocenters. The summed E-state index contributed by atoms with van der Waals surface area (Å²) in [7, 11) is 1.83. The van der Waals surface area contributed by atoms with Crippen LogP contribution in [0.4, 0.5) is 0 Å². The van der Waals surface area contributed by atoms with Gasteiger partial charge in [0.25, 0.3) is 0 Å². The molecule has 1 atom stereocenters. The summed E-state index contributed by atoms with van der Waals surface area (Å²) in [6, 6.07) is 12.3. The third-order valence-electron chi connectivity index (χ3n) is 3.65. The van der Waals surface area contributed by atoms with Gasteiger partial charge in [0.05, 0.1) is 6.07 Å². The molecule has 1 aromatic carbocycles. The zero-order chi connectivity index (χ0) is 14.7. The Labute approximate surface area is 123 Å². The van der Waals surface area contributed by atoms with Crippen LogP contribution in [0.15, 0.2) is 30.3 Å². The Morgan fingerprint density at radius 3 is 2.50 bits per heavy atom. The van der Waals surface area contributed by atoms with E-state index in [0.717, 1.165) is 18.6 Å². The molecule has 1 aromatic rings. The largest absolute Gasteiger partial charge is 0.381 e. The molecular weight excluding hydrogens is 248 g/mol. The van der Waals surface area contributed by atoms with Crippen molar-refractivity contribution >= 4 is 0 Å². The van der Waals surface area contributed by atoms with E-state index in [0.29, 0.717) is 13.0 Å². The molecule has 0 radical (unpaired) electrons. The molecule has 110 valence electrons. The van der Waals surface area contributed by atoms with Crippen molar-refractivity contribution in [2.75, 3.05) is 20.3 Å². The van der Waals surface area contributed by atoms with Gasteiger partial charge in [0, 0.05) is 19.6 Å². The fourth-order valence-electron chi connectivity index (χ4n) is 2.27. The first-order valence-electron chi connectivity index (χ1n) is 7.52. The summed E-state index contributed by atoms with van der Waals surface area (Å²) in [6.07, 6.45) is 5.51. The van der Waals surface area contributed by atoms with Crippen molar-refractivity contribution < 1.29 is 4.74 Å². The standard InChI is InChI=1S/C17H26N2O/c1-3-4-5-9-13-20-14-12-17(15-18,19-2)16-10-7-6-8-11-16/h6-8,10-11,19H,3-5,9,12-14H2,1-2H3. The monoisotopic (exact) mass is 274 g/mol. The van der Waals surface area contributed by atoms with E-state index < -0.39 is 5.54 Å². The zero-order valence-electron chi connectivity index (χ0n) is 12.7. The van der Waals surface area contributed by atoms with E-state index in [4.69, 9.17) is 4.74 Å². The van der Waals surface area contributed by atoms with Crippen LogP contribution in [-0.2, 0) is 10.3 Å². The molecule has 1 N–H and O–H groups in total. The number of ether oxygens (including phenoxy) is 1. The Balaban J connectivity index is 2.43. The summed E-state index contributed by atoms with van der Waals surface area (Å²) in [6.45, 7) is 3.60. The predicted octanol–water partition coefficient (Wildman–Crippen LogP) is 3.61. The first-order valence-corrected chi connectivity index (χ1v) is 7.52. The van der Waals surface area contributed by atoms with Gasteiger partial charge in [-0.2, -0.15) is 5.26 Å². The highest BCUT2D eigenvalue weighted by atomic mass is 16.5. The predicted molar refractivity (Wildman–Crippen MR) is 82.4 cm³/mol. The van der Waals surface area contributed by atoms with Gasteiger partial charge < -0.3 is 4.74 Å². The maximum Gasteiger partial charge on any atom is 0.134 e. The molecule has 0 amide bonds. The fourth-order valence-corrected chi connectivity index (χ4v) is 2.27. The molecule has 0 fully saturated rings. The Kier molecular flexibility index (Phi) is 7.94. The lowest BCUT2D eigenvalue weighted by Crippen LogP contribution is -2.39. The highest BCUT2D eigenvalue weighted by molar-refractivity contribution is 5.31. The van der Waals surface area contributed by atoms with Crippen molar-refractivity contribution in [2.45, 2.75) is 44.6 Å². The van der Waals surface area contributed by atoms with Crippen molar-refractivity contribution in [1.29, 1.82) is 5.26 Å². The van der Waals surface area contributed by atoms with Crippen molar-refractivity contribution in [2.24, 2.45) is 0 Å². The number of nitriles is 1. The van der Waals surface area contributed by atoms with Crippen LogP contribution in [0.25, 0.3) is 0 Å². The number of unbranched alkanes of at least 4 members (excludes halogenated alkanes) is 3. The molecule has 3 nitrogen and oxygen atoms in total. The van der Waals surface area contributed by atoms with Crippen LogP contribution in [0.2, 0.25) is 0 Å². The number of hydrogen-bond donors (Lipinski definition) is 1. The van der Waals surface area contributed by atoms with Crippen molar-refractivity contribution in [3.8, 4) is 6.07 Å². The van der Waals surface area contributed by atoms with Crippen molar-refractivity contribution in [1.82, 2.24) is 5.32 Å². The third kappa shape index (κ3) is 4.96. The average Bonchev–Trinajstić information content (AvgIpc) is 2.52. The fraction of sp³-hybridized carbons (Fsp3) is 0.588. The minimum atomic E-state index is -0.648. The third-order valence-corrected chi connectivity index (χ3v) is 3.65. The second-order valence-corrected chi connectivity index (χ2v) is 5.06. The van der Waals surface area contributed by atoms with Crippen LogP contribution in [0, 0.1) is 11.3 Å². The number of nitrogens with one attached hydrogen (secondary N) is 1. The number of benzene rings is 1. The molecule has 0 saturated carbocycles. The highest BCUT2D eigenvalue weighted by Gasteiger charge is 2.29. The van der Waals surface area contributed by atoms with Crippen LogP contribution in [-0.4, -0.2) is 20.3 Å². The summed E-state index contributed by atoms with van der Waals surface area (Å²) < 4.78 is 5.67. The maximum atomic E-state index is 9.53. The molecule has 0 aromatic heterocycles. The van der Waals surface area contributed by atoms with Crippen LogP contribution in [0.3, 0.4) is 0 Å². The van der Waals surface area contributed by atoms with Gasteiger partial charge in [-0.25, -0.2) is 0 Å². The van der Waals surface area contributed by atoms with Gasteiger partial charge in [-0.1, -0.05) is 56.5 Å². The average molecular weight is 274 g/mol. The molecule has 0 aliphatic carbocycles. The summed E-state index contributed by atoms with van der Waals surface area (Å²) in [5, 5.41) is 12.7. The van der Waals surface area contributed by atoms with Crippen LogP contribution >= 0.6 is 0 Å². The molecule has 0 bridgehead atoms. The summed E-state index contributed by atoms with van der Waals surface area (Å²) in [4.78, 5) is 0. The molecule has 1 rings (SSSR count). The highest BCUT2D eigenvalue weighted by Crippen LogP contribution is 2.23. The topological polar surface area (TPSA) is 45.0 Å². The Morgan fingerprint density at radius 2 is 1.90 bits per heavy atom. The summed E-state index contributed by atoms with van der Waals surface area (Å²) in [5.41, 5.74) is 0.351. The van der Waals surface area contributed by atoms with Gasteiger partial charge in [0.15, 0.2) is 0 Å². The maximum absolute atomic E-state index is 9.53. The molecular formula is C17H26N2O. The lowest BCUT2D eigenvalue weighted by Gasteiger charge is -2.26. The van der Waals surface area contributed by atoms with Gasteiger partial charge in [-0.15, -0.1) is 0 Å². The van der Waals surface area contributed by atoms with E-state index >= 15 is 0 Å². The van der Waals surface area contributed by atoms with E-state index in [1.807, 2.05) is 37.4 Å². The Hall–Kier alpha value is -1.37. The number of hydrogen-bond acceptors (Lipinski definition) is 3. The van der Waals surface area contributed by atoms with E-state index in [1.165, 1.54) is 19.3 Å². The van der Waals surface area contributed by atoms with Crippen LogP contribution in [0.5, 0.6) is 0 Å². The first-order chi connectivity index (χ1) is 9.79.